The Balaban J connectivity index is 2.16. The van der Waals surface area contributed by atoms with Crippen molar-refractivity contribution in [3.8, 4) is 0 Å². The number of nitrogens with zero attached hydrogens (tertiary/aromatic N) is 2. The SMILES string of the molecule is Cc1cc(=O)[nH]c(CN=Cc2cccc(Cl)c2Cl)n1. The van der Waals surface area contributed by atoms with Crippen molar-refractivity contribution in [1.29, 1.82) is 0 Å². The fourth-order valence-corrected chi connectivity index (χ4v) is 1.92. The number of aromatic amines is 1. The van der Waals surface area contributed by atoms with E-state index in [9.17, 15) is 4.79 Å². The number of H-pyrrole nitrogens is 1. The van der Waals surface area contributed by atoms with E-state index in [0.717, 1.165) is 5.56 Å². The Kier molecular flexibility index (Phi) is 4.35. The Bertz CT molecular complexity index is 680. The molecule has 4 nitrogen and oxygen atoms in total. The smallest absolute Gasteiger partial charge is 0.251 e. The molecule has 0 atom stereocenters. The van der Waals surface area contributed by atoms with Gasteiger partial charge in [0.1, 0.15) is 5.82 Å². The van der Waals surface area contributed by atoms with Crippen LogP contribution in [0, 0.1) is 6.92 Å². The molecule has 0 bridgehead atoms. The van der Waals surface area contributed by atoms with Gasteiger partial charge in [-0.1, -0.05) is 35.3 Å². The van der Waals surface area contributed by atoms with Gasteiger partial charge in [-0.15, -0.1) is 0 Å². The zero-order valence-corrected chi connectivity index (χ0v) is 11.7. The van der Waals surface area contributed by atoms with E-state index in [1.54, 1.807) is 25.3 Å². The molecule has 0 amide bonds. The molecule has 1 aromatic carbocycles. The van der Waals surface area contributed by atoms with Crippen LogP contribution in [0.15, 0.2) is 34.1 Å². The summed E-state index contributed by atoms with van der Waals surface area (Å²) in [6, 6.07) is 6.74. The van der Waals surface area contributed by atoms with E-state index in [1.165, 1.54) is 6.07 Å². The molecule has 0 saturated heterocycles. The third kappa shape index (κ3) is 3.66. The summed E-state index contributed by atoms with van der Waals surface area (Å²) in [6.45, 7) is 2.04. The van der Waals surface area contributed by atoms with Crippen LogP contribution in [0.4, 0.5) is 0 Å². The second kappa shape index (κ2) is 5.99. The average Bonchev–Trinajstić information content (AvgIpc) is 2.33. The number of hydrogen-bond acceptors (Lipinski definition) is 3. The molecule has 0 aliphatic carbocycles. The lowest BCUT2D eigenvalue weighted by atomic mass is 10.2. The van der Waals surface area contributed by atoms with Crippen molar-refractivity contribution in [3.63, 3.8) is 0 Å². The minimum atomic E-state index is -0.182. The Labute approximate surface area is 120 Å². The van der Waals surface area contributed by atoms with E-state index in [0.29, 0.717) is 21.6 Å². The molecular weight excluding hydrogens is 285 g/mol. The molecule has 0 aliphatic rings. The topological polar surface area (TPSA) is 58.1 Å². The van der Waals surface area contributed by atoms with Gasteiger partial charge in [0.05, 0.1) is 16.6 Å². The van der Waals surface area contributed by atoms with Crippen molar-refractivity contribution < 1.29 is 0 Å². The van der Waals surface area contributed by atoms with E-state index < -0.39 is 0 Å². The van der Waals surface area contributed by atoms with Crippen LogP contribution in [0.2, 0.25) is 10.0 Å². The minimum Gasteiger partial charge on any atom is -0.309 e. The standard InChI is InChI=1S/C13H11Cl2N3O/c1-8-5-12(19)18-11(17-8)7-16-6-9-3-2-4-10(14)13(9)15/h2-6H,7H2,1H3,(H,17,18,19). The number of rotatable bonds is 3. The summed E-state index contributed by atoms with van der Waals surface area (Å²) in [7, 11) is 0. The highest BCUT2D eigenvalue weighted by molar-refractivity contribution is 6.43. The highest BCUT2D eigenvalue weighted by Crippen LogP contribution is 2.24. The molecule has 0 radical (unpaired) electrons. The molecule has 1 heterocycles. The quantitative estimate of drug-likeness (QED) is 0.885. The van der Waals surface area contributed by atoms with E-state index in [1.807, 2.05) is 6.07 Å². The summed E-state index contributed by atoms with van der Waals surface area (Å²) in [5, 5.41) is 0.936. The maximum Gasteiger partial charge on any atom is 0.251 e. The number of aryl methyl sites for hydroxylation is 1. The number of aliphatic imine (C=N–C) groups is 1. The first kappa shape index (κ1) is 13.8. The summed E-state index contributed by atoms with van der Waals surface area (Å²) >= 11 is 11.9. The van der Waals surface area contributed by atoms with Gasteiger partial charge in [-0.05, 0) is 13.0 Å². The van der Waals surface area contributed by atoms with Crippen molar-refractivity contribution >= 4 is 29.4 Å². The Morgan fingerprint density at radius 1 is 1.42 bits per heavy atom. The number of halogens is 2. The maximum absolute atomic E-state index is 11.3. The lowest BCUT2D eigenvalue weighted by Crippen LogP contribution is -2.10. The van der Waals surface area contributed by atoms with Gasteiger partial charge < -0.3 is 4.98 Å². The summed E-state index contributed by atoms with van der Waals surface area (Å²) in [5.74, 6) is 0.513. The van der Waals surface area contributed by atoms with E-state index in [2.05, 4.69) is 15.0 Å². The zero-order chi connectivity index (χ0) is 13.8. The number of nitrogens with one attached hydrogen (secondary N) is 1. The molecule has 0 fully saturated rings. The zero-order valence-electron chi connectivity index (χ0n) is 10.2. The van der Waals surface area contributed by atoms with Crippen molar-refractivity contribution in [2.24, 2.45) is 4.99 Å². The van der Waals surface area contributed by atoms with Gasteiger partial charge in [0, 0.05) is 23.5 Å². The van der Waals surface area contributed by atoms with Gasteiger partial charge >= 0.3 is 0 Å². The summed E-state index contributed by atoms with van der Waals surface area (Å²) < 4.78 is 0. The molecule has 6 heteroatoms. The van der Waals surface area contributed by atoms with Crippen LogP contribution < -0.4 is 5.56 Å². The molecule has 0 saturated carbocycles. The van der Waals surface area contributed by atoms with Gasteiger partial charge in [-0.3, -0.25) is 9.79 Å². The lowest BCUT2D eigenvalue weighted by molar-refractivity contribution is 0.878. The van der Waals surface area contributed by atoms with Crippen LogP contribution in [0.25, 0.3) is 0 Å². The summed E-state index contributed by atoms with van der Waals surface area (Å²) in [5.41, 5.74) is 1.21. The van der Waals surface area contributed by atoms with Gasteiger partial charge in [0.15, 0.2) is 0 Å². The van der Waals surface area contributed by atoms with Crippen LogP contribution in [0.1, 0.15) is 17.1 Å². The van der Waals surface area contributed by atoms with Gasteiger partial charge in [-0.2, -0.15) is 0 Å². The highest BCUT2D eigenvalue weighted by atomic mass is 35.5. The van der Waals surface area contributed by atoms with Crippen LogP contribution in [-0.4, -0.2) is 16.2 Å². The van der Waals surface area contributed by atoms with Crippen molar-refractivity contribution in [2.75, 3.05) is 0 Å². The second-order valence-corrected chi connectivity index (χ2v) is 4.73. The molecular formula is C13H11Cl2N3O. The van der Waals surface area contributed by atoms with Gasteiger partial charge in [0.2, 0.25) is 0 Å². The van der Waals surface area contributed by atoms with Crippen LogP contribution in [-0.2, 0) is 6.54 Å². The first-order valence-electron chi connectivity index (χ1n) is 5.57. The first-order valence-corrected chi connectivity index (χ1v) is 6.32. The molecule has 19 heavy (non-hydrogen) atoms. The van der Waals surface area contributed by atoms with Crippen molar-refractivity contribution in [1.82, 2.24) is 9.97 Å². The predicted molar refractivity (Wildman–Crippen MR) is 77.4 cm³/mol. The average molecular weight is 296 g/mol. The molecule has 0 aliphatic heterocycles. The maximum atomic E-state index is 11.3. The second-order valence-electron chi connectivity index (χ2n) is 3.95. The van der Waals surface area contributed by atoms with Crippen molar-refractivity contribution in [2.45, 2.75) is 13.5 Å². The van der Waals surface area contributed by atoms with Crippen LogP contribution in [0.5, 0.6) is 0 Å². The Morgan fingerprint density at radius 2 is 2.21 bits per heavy atom. The predicted octanol–water partition coefficient (Wildman–Crippen LogP) is 3.00. The number of benzene rings is 1. The normalized spacial score (nSPS) is 11.1. The van der Waals surface area contributed by atoms with Gasteiger partial charge in [0.25, 0.3) is 5.56 Å². The van der Waals surface area contributed by atoms with E-state index in [-0.39, 0.29) is 12.1 Å². The fourth-order valence-electron chi connectivity index (χ4n) is 1.57. The molecule has 2 aromatic rings. The molecule has 2 rings (SSSR count). The third-order valence-electron chi connectivity index (χ3n) is 2.37. The summed E-state index contributed by atoms with van der Waals surface area (Å²) in [4.78, 5) is 22.3. The molecule has 98 valence electrons. The van der Waals surface area contributed by atoms with Crippen molar-refractivity contribution in [3.05, 3.63) is 61.7 Å². The number of hydrogen-bond donors (Lipinski definition) is 1. The molecule has 0 unspecified atom stereocenters. The minimum absolute atomic E-state index is 0.182. The first-order chi connectivity index (χ1) is 9.06. The van der Waals surface area contributed by atoms with E-state index in [4.69, 9.17) is 23.2 Å². The molecule has 0 spiro atoms. The highest BCUT2D eigenvalue weighted by Gasteiger charge is 2.01. The van der Waals surface area contributed by atoms with Crippen LogP contribution >= 0.6 is 23.2 Å². The Morgan fingerprint density at radius 3 is 2.95 bits per heavy atom. The lowest BCUT2D eigenvalue weighted by Gasteiger charge is -2.00. The molecule has 1 aromatic heterocycles. The number of aromatic nitrogens is 2. The fraction of sp³-hybridized carbons (Fsp3) is 0.154. The monoisotopic (exact) mass is 295 g/mol. The molecule has 1 N–H and O–H groups in total. The largest absolute Gasteiger partial charge is 0.309 e. The van der Waals surface area contributed by atoms with E-state index >= 15 is 0 Å². The van der Waals surface area contributed by atoms with Crippen LogP contribution in [0.3, 0.4) is 0 Å². The third-order valence-corrected chi connectivity index (χ3v) is 3.21. The van der Waals surface area contributed by atoms with Gasteiger partial charge in [-0.25, -0.2) is 4.98 Å². The summed E-state index contributed by atoms with van der Waals surface area (Å²) in [6.07, 6.45) is 1.61. The Hall–Kier alpha value is -1.65.